The van der Waals surface area contributed by atoms with Crippen molar-refractivity contribution < 1.29 is 19.4 Å². The van der Waals surface area contributed by atoms with Crippen LogP contribution in [-0.2, 0) is 9.59 Å². The Balaban J connectivity index is 3.17. The van der Waals surface area contributed by atoms with E-state index in [4.69, 9.17) is 21.4 Å². The summed E-state index contributed by atoms with van der Waals surface area (Å²) >= 11 is 5.77. The molecule has 0 aromatic heterocycles. The Morgan fingerprint density at radius 3 is 2.59 bits per heavy atom. The van der Waals surface area contributed by atoms with E-state index < -0.39 is 17.9 Å². The Hall–Kier alpha value is -1.75. The van der Waals surface area contributed by atoms with Crippen LogP contribution in [-0.4, -0.2) is 24.1 Å². The van der Waals surface area contributed by atoms with Gasteiger partial charge in [-0.1, -0.05) is 17.7 Å². The lowest BCUT2D eigenvalue weighted by Crippen LogP contribution is -2.32. The fraction of sp³-hybridized carbons (Fsp3) is 0.273. The van der Waals surface area contributed by atoms with Gasteiger partial charge in [0.2, 0.25) is 5.91 Å². The monoisotopic (exact) mass is 257 g/mol. The van der Waals surface area contributed by atoms with E-state index in [0.29, 0.717) is 16.3 Å². The number of hydrogen-bond donors (Lipinski definition) is 2. The third-order valence-corrected chi connectivity index (χ3v) is 2.34. The molecule has 0 fully saturated rings. The van der Waals surface area contributed by atoms with Gasteiger partial charge in [-0.2, -0.15) is 0 Å². The number of methoxy groups -OCH3 is 1. The first kappa shape index (κ1) is 13.3. The van der Waals surface area contributed by atoms with Crippen molar-refractivity contribution in [3.05, 3.63) is 28.8 Å². The van der Waals surface area contributed by atoms with Gasteiger partial charge in [-0.05, 0) is 12.1 Å². The highest BCUT2D eigenvalue weighted by Crippen LogP contribution is 2.28. The minimum absolute atomic E-state index is 0.318. The first-order valence-corrected chi connectivity index (χ1v) is 5.17. The van der Waals surface area contributed by atoms with Crippen molar-refractivity contribution in [3.63, 3.8) is 0 Å². The highest BCUT2D eigenvalue weighted by molar-refractivity contribution is 6.30. The number of nitrogens with one attached hydrogen (secondary N) is 1. The van der Waals surface area contributed by atoms with Crippen LogP contribution >= 0.6 is 11.6 Å². The van der Waals surface area contributed by atoms with Crippen LogP contribution in [0.2, 0.25) is 5.02 Å². The van der Waals surface area contributed by atoms with Gasteiger partial charge in [0.15, 0.2) is 6.04 Å². The highest BCUT2D eigenvalue weighted by Gasteiger charge is 2.24. The molecule has 1 aromatic rings. The average Bonchev–Trinajstić information content (AvgIpc) is 2.25. The smallest absolute Gasteiger partial charge is 0.331 e. The number of carboxylic acid groups (broad SMARTS) is 1. The van der Waals surface area contributed by atoms with Crippen LogP contribution < -0.4 is 10.1 Å². The Labute approximate surface area is 103 Å². The van der Waals surface area contributed by atoms with E-state index in [2.05, 4.69) is 5.32 Å². The van der Waals surface area contributed by atoms with Gasteiger partial charge in [-0.15, -0.1) is 0 Å². The number of rotatable bonds is 4. The van der Waals surface area contributed by atoms with Crippen molar-refractivity contribution in [3.8, 4) is 5.75 Å². The third kappa shape index (κ3) is 3.35. The van der Waals surface area contributed by atoms with Crippen LogP contribution in [0, 0.1) is 0 Å². The van der Waals surface area contributed by atoms with Crippen LogP contribution in [0.5, 0.6) is 5.75 Å². The minimum atomic E-state index is -1.17. The van der Waals surface area contributed by atoms with E-state index in [1.807, 2.05) is 0 Å². The van der Waals surface area contributed by atoms with Gasteiger partial charge in [-0.25, -0.2) is 4.79 Å². The van der Waals surface area contributed by atoms with Gasteiger partial charge in [0, 0.05) is 17.5 Å². The Morgan fingerprint density at radius 1 is 1.47 bits per heavy atom. The lowest BCUT2D eigenvalue weighted by Gasteiger charge is -2.16. The number of ether oxygens (including phenoxy) is 1. The van der Waals surface area contributed by atoms with Gasteiger partial charge in [0.05, 0.1) is 7.11 Å². The third-order valence-electron chi connectivity index (χ3n) is 2.10. The quantitative estimate of drug-likeness (QED) is 0.859. The van der Waals surface area contributed by atoms with E-state index in [9.17, 15) is 9.59 Å². The highest BCUT2D eigenvalue weighted by atomic mass is 35.5. The van der Waals surface area contributed by atoms with Crippen LogP contribution in [0.1, 0.15) is 18.5 Å². The van der Waals surface area contributed by atoms with Gasteiger partial charge in [0.25, 0.3) is 0 Å². The minimum Gasteiger partial charge on any atom is -0.496 e. The maximum Gasteiger partial charge on any atom is 0.331 e. The number of carbonyl (C=O) groups is 2. The van der Waals surface area contributed by atoms with Crippen LogP contribution in [0.15, 0.2) is 18.2 Å². The molecule has 17 heavy (non-hydrogen) atoms. The summed E-state index contributed by atoms with van der Waals surface area (Å²) in [6.45, 7) is 1.25. The summed E-state index contributed by atoms with van der Waals surface area (Å²) in [4.78, 5) is 22.0. The summed E-state index contributed by atoms with van der Waals surface area (Å²) in [5.41, 5.74) is 0.347. The number of halogens is 1. The zero-order chi connectivity index (χ0) is 13.0. The number of carbonyl (C=O) groups excluding carboxylic acids is 1. The molecule has 0 radical (unpaired) electrons. The van der Waals surface area contributed by atoms with Crippen molar-refractivity contribution in [1.82, 2.24) is 5.32 Å². The topological polar surface area (TPSA) is 75.6 Å². The molecule has 1 unspecified atom stereocenters. The van der Waals surface area contributed by atoms with Crippen LogP contribution in [0.25, 0.3) is 0 Å². The van der Waals surface area contributed by atoms with E-state index >= 15 is 0 Å². The second kappa shape index (κ2) is 5.54. The molecule has 1 amide bonds. The predicted octanol–water partition coefficient (Wildman–Crippen LogP) is 1.61. The molecule has 0 bridgehead atoms. The number of hydrogen-bond acceptors (Lipinski definition) is 3. The van der Waals surface area contributed by atoms with Crippen LogP contribution in [0.4, 0.5) is 0 Å². The van der Waals surface area contributed by atoms with Crippen molar-refractivity contribution in [2.75, 3.05) is 7.11 Å². The molecule has 92 valence electrons. The van der Waals surface area contributed by atoms with Crippen molar-refractivity contribution >= 4 is 23.5 Å². The molecule has 0 heterocycles. The lowest BCUT2D eigenvalue weighted by atomic mass is 10.1. The van der Waals surface area contributed by atoms with E-state index in [0.717, 1.165) is 0 Å². The summed E-state index contributed by atoms with van der Waals surface area (Å²) in [6, 6.07) is 3.39. The van der Waals surface area contributed by atoms with Crippen LogP contribution in [0.3, 0.4) is 0 Å². The van der Waals surface area contributed by atoms with Gasteiger partial charge in [-0.3, -0.25) is 4.79 Å². The molecule has 1 rings (SSSR count). The fourth-order valence-electron chi connectivity index (χ4n) is 1.40. The van der Waals surface area contributed by atoms with Gasteiger partial charge in [0.1, 0.15) is 5.75 Å². The summed E-state index contributed by atoms with van der Waals surface area (Å²) in [7, 11) is 1.40. The molecule has 0 saturated heterocycles. The van der Waals surface area contributed by atoms with Crippen molar-refractivity contribution in [2.45, 2.75) is 13.0 Å². The fourth-order valence-corrected chi connectivity index (χ4v) is 1.56. The Bertz CT molecular complexity index is 447. The Morgan fingerprint density at radius 2 is 2.12 bits per heavy atom. The number of carboxylic acids is 1. The largest absolute Gasteiger partial charge is 0.496 e. The standard InChI is InChI=1S/C11H12ClNO4/c1-6(14)13-10(11(15)16)8-4-3-7(12)5-9(8)17-2/h3-5,10H,1-2H3,(H,13,14)(H,15,16). The Kier molecular flexibility index (Phi) is 4.34. The van der Waals surface area contributed by atoms with Crippen molar-refractivity contribution in [1.29, 1.82) is 0 Å². The van der Waals surface area contributed by atoms with E-state index in [1.54, 1.807) is 0 Å². The zero-order valence-corrected chi connectivity index (χ0v) is 10.1. The predicted molar refractivity (Wildman–Crippen MR) is 62.2 cm³/mol. The summed E-state index contributed by atoms with van der Waals surface area (Å²) in [5.74, 6) is -1.28. The molecule has 0 spiro atoms. The molecule has 5 nitrogen and oxygen atoms in total. The zero-order valence-electron chi connectivity index (χ0n) is 9.36. The molecule has 6 heteroatoms. The lowest BCUT2D eigenvalue weighted by molar-refractivity contribution is -0.141. The van der Waals surface area contributed by atoms with E-state index in [-0.39, 0.29) is 0 Å². The summed E-state index contributed by atoms with van der Waals surface area (Å²) in [5, 5.41) is 11.8. The molecule has 2 N–H and O–H groups in total. The summed E-state index contributed by atoms with van der Waals surface area (Å²) < 4.78 is 5.04. The molecule has 0 aliphatic carbocycles. The van der Waals surface area contributed by atoms with Gasteiger partial charge < -0.3 is 15.2 Å². The number of aliphatic carboxylic acids is 1. The average molecular weight is 258 g/mol. The van der Waals surface area contributed by atoms with Gasteiger partial charge >= 0.3 is 5.97 Å². The first-order chi connectivity index (χ1) is 7.95. The normalized spacial score (nSPS) is 11.7. The van der Waals surface area contributed by atoms with E-state index in [1.165, 1.54) is 32.2 Å². The molecular weight excluding hydrogens is 246 g/mol. The number of amides is 1. The molecule has 1 atom stereocenters. The number of benzene rings is 1. The second-order valence-electron chi connectivity index (χ2n) is 3.36. The molecule has 1 aromatic carbocycles. The summed E-state index contributed by atoms with van der Waals surface area (Å²) in [6.07, 6.45) is 0. The van der Waals surface area contributed by atoms with Crippen molar-refractivity contribution in [2.24, 2.45) is 0 Å². The maximum absolute atomic E-state index is 11.1. The SMILES string of the molecule is COc1cc(Cl)ccc1C(NC(C)=O)C(=O)O. The second-order valence-corrected chi connectivity index (χ2v) is 3.79. The first-order valence-electron chi connectivity index (χ1n) is 4.79. The molecular formula is C11H12ClNO4. The molecule has 0 aliphatic rings. The molecule has 0 aliphatic heterocycles. The molecule has 0 saturated carbocycles. The maximum atomic E-state index is 11.1.